The first-order valence-electron chi connectivity index (χ1n) is 7.10. The Balaban J connectivity index is 1.66. The third kappa shape index (κ3) is 3.34. The van der Waals surface area contributed by atoms with Gasteiger partial charge in [0.05, 0.1) is 32.5 Å². The molecular weight excluding hydrogens is 240 g/mol. The van der Waals surface area contributed by atoms with Crippen LogP contribution in [0.2, 0.25) is 0 Å². The first-order valence-corrected chi connectivity index (χ1v) is 7.10. The monoisotopic (exact) mass is 262 g/mol. The second kappa shape index (κ2) is 6.48. The van der Waals surface area contributed by atoms with Crippen LogP contribution in [0.3, 0.4) is 0 Å². The quantitative estimate of drug-likeness (QED) is 0.876. The molecule has 4 heteroatoms. The van der Waals surface area contributed by atoms with E-state index in [1.807, 2.05) is 0 Å². The Hall–Kier alpha value is -0.940. The molecule has 0 saturated carbocycles. The maximum Gasteiger partial charge on any atom is 0.0638 e. The van der Waals surface area contributed by atoms with Gasteiger partial charge < -0.3 is 14.8 Å². The molecule has 0 spiro atoms. The van der Waals surface area contributed by atoms with E-state index >= 15 is 0 Å². The molecule has 0 bridgehead atoms. The number of hydrogen-bond donors (Lipinski definition) is 1. The molecule has 2 heterocycles. The number of ether oxygens (including phenoxy) is 2. The fraction of sp³-hybridized carbons (Fsp3) is 0.600. The number of rotatable bonds is 3. The fourth-order valence-electron chi connectivity index (χ4n) is 2.87. The van der Waals surface area contributed by atoms with E-state index in [1.54, 1.807) is 0 Å². The van der Waals surface area contributed by atoms with Gasteiger partial charge in [0.25, 0.3) is 0 Å². The van der Waals surface area contributed by atoms with Crippen LogP contribution in [0.5, 0.6) is 0 Å². The number of nitrogens with one attached hydrogen (secondary N) is 1. The van der Waals surface area contributed by atoms with Gasteiger partial charge in [-0.25, -0.2) is 0 Å². The zero-order chi connectivity index (χ0) is 12.9. The summed E-state index contributed by atoms with van der Waals surface area (Å²) in [5, 5.41) is 3.56. The van der Waals surface area contributed by atoms with E-state index in [-0.39, 0.29) is 0 Å². The van der Waals surface area contributed by atoms with Crippen molar-refractivity contribution in [3.05, 3.63) is 35.9 Å². The summed E-state index contributed by atoms with van der Waals surface area (Å²) in [5.74, 6) is 0. The minimum Gasteiger partial charge on any atom is -0.378 e. The van der Waals surface area contributed by atoms with Crippen LogP contribution >= 0.6 is 0 Å². The number of hydrogen-bond acceptors (Lipinski definition) is 4. The Bertz CT molecular complexity index is 379. The van der Waals surface area contributed by atoms with Crippen LogP contribution in [-0.4, -0.2) is 56.5 Å². The Kier molecular flexibility index (Phi) is 4.45. The zero-order valence-corrected chi connectivity index (χ0v) is 11.3. The van der Waals surface area contributed by atoms with Gasteiger partial charge in [-0.1, -0.05) is 30.3 Å². The summed E-state index contributed by atoms with van der Waals surface area (Å²) < 4.78 is 11.3. The minimum atomic E-state index is 0.387. The molecule has 2 atom stereocenters. The summed E-state index contributed by atoms with van der Waals surface area (Å²) in [6, 6.07) is 11.5. The van der Waals surface area contributed by atoms with Crippen LogP contribution in [0.1, 0.15) is 5.56 Å². The lowest BCUT2D eigenvalue weighted by Crippen LogP contribution is -2.59. The van der Waals surface area contributed by atoms with E-state index in [0.29, 0.717) is 12.1 Å². The normalized spacial score (nSPS) is 29.3. The summed E-state index contributed by atoms with van der Waals surface area (Å²) in [7, 11) is 0. The average Bonchev–Trinajstić information content (AvgIpc) is 2.50. The van der Waals surface area contributed by atoms with E-state index in [4.69, 9.17) is 9.47 Å². The molecule has 0 radical (unpaired) electrons. The minimum absolute atomic E-state index is 0.387. The van der Waals surface area contributed by atoms with E-state index in [1.165, 1.54) is 5.56 Å². The van der Waals surface area contributed by atoms with Crippen LogP contribution in [0.25, 0.3) is 0 Å². The highest BCUT2D eigenvalue weighted by Gasteiger charge is 2.31. The summed E-state index contributed by atoms with van der Waals surface area (Å²) in [6.45, 7) is 6.18. The molecule has 2 fully saturated rings. The van der Waals surface area contributed by atoms with Gasteiger partial charge in [-0.2, -0.15) is 0 Å². The first-order chi connectivity index (χ1) is 9.43. The first kappa shape index (κ1) is 13.1. The van der Waals surface area contributed by atoms with Gasteiger partial charge in [0, 0.05) is 25.7 Å². The van der Waals surface area contributed by atoms with Gasteiger partial charge in [0.1, 0.15) is 0 Å². The van der Waals surface area contributed by atoms with Crippen molar-refractivity contribution >= 4 is 0 Å². The molecule has 0 amide bonds. The topological polar surface area (TPSA) is 33.7 Å². The largest absolute Gasteiger partial charge is 0.378 e. The Morgan fingerprint density at radius 1 is 1.11 bits per heavy atom. The van der Waals surface area contributed by atoms with Gasteiger partial charge in [-0.05, 0) is 5.56 Å². The Labute approximate surface area is 114 Å². The predicted octanol–water partition coefficient (Wildman–Crippen LogP) is 0.876. The standard InChI is InChI=1S/C15H22N2O2/c1-2-4-13(5-3-1)10-17-7-9-19-12-15(17)14-11-18-8-6-16-14/h1-5,14-16H,6-12H2/t14-,15-/m1/s1. The van der Waals surface area contributed by atoms with Gasteiger partial charge in [0.15, 0.2) is 0 Å². The Morgan fingerprint density at radius 3 is 2.74 bits per heavy atom. The van der Waals surface area contributed by atoms with Gasteiger partial charge in [0.2, 0.25) is 0 Å². The molecule has 0 aliphatic carbocycles. The molecule has 2 aliphatic heterocycles. The number of morpholine rings is 2. The molecule has 4 nitrogen and oxygen atoms in total. The lowest BCUT2D eigenvalue weighted by Gasteiger charge is -2.41. The summed E-state index contributed by atoms with van der Waals surface area (Å²) in [4.78, 5) is 2.52. The van der Waals surface area contributed by atoms with Crippen LogP contribution in [0.4, 0.5) is 0 Å². The van der Waals surface area contributed by atoms with Crippen molar-refractivity contribution in [1.82, 2.24) is 10.2 Å². The van der Waals surface area contributed by atoms with E-state index in [0.717, 1.165) is 46.1 Å². The van der Waals surface area contributed by atoms with Crippen LogP contribution in [0.15, 0.2) is 30.3 Å². The van der Waals surface area contributed by atoms with Crippen molar-refractivity contribution in [3.63, 3.8) is 0 Å². The van der Waals surface area contributed by atoms with Crippen LogP contribution in [0, 0.1) is 0 Å². The van der Waals surface area contributed by atoms with Crippen molar-refractivity contribution in [3.8, 4) is 0 Å². The summed E-state index contributed by atoms with van der Waals surface area (Å²) >= 11 is 0. The zero-order valence-electron chi connectivity index (χ0n) is 11.3. The third-order valence-electron chi connectivity index (χ3n) is 3.92. The highest BCUT2D eigenvalue weighted by Crippen LogP contribution is 2.16. The molecule has 104 valence electrons. The van der Waals surface area contributed by atoms with E-state index in [9.17, 15) is 0 Å². The number of benzene rings is 1. The third-order valence-corrected chi connectivity index (χ3v) is 3.92. The molecule has 1 aromatic carbocycles. The van der Waals surface area contributed by atoms with E-state index < -0.39 is 0 Å². The van der Waals surface area contributed by atoms with Crippen molar-refractivity contribution in [2.45, 2.75) is 18.6 Å². The summed E-state index contributed by atoms with van der Waals surface area (Å²) in [5.41, 5.74) is 1.37. The molecule has 2 saturated heterocycles. The van der Waals surface area contributed by atoms with Crippen molar-refractivity contribution < 1.29 is 9.47 Å². The number of nitrogens with zero attached hydrogens (tertiary/aromatic N) is 1. The Morgan fingerprint density at radius 2 is 1.95 bits per heavy atom. The predicted molar refractivity (Wildman–Crippen MR) is 74.1 cm³/mol. The highest BCUT2D eigenvalue weighted by molar-refractivity contribution is 5.14. The molecule has 3 rings (SSSR count). The molecule has 0 aromatic heterocycles. The second-order valence-corrected chi connectivity index (χ2v) is 5.23. The smallest absolute Gasteiger partial charge is 0.0638 e. The molecule has 0 unspecified atom stereocenters. The van der Waals surface area contributed by atoms with Crippen molar-refractivity contribution in [2.75, 3.05) is 39.5 Å². The average molecular weight is 262 g/mol. The molecule has 2 aliphatic rings. The van der Waals surface area contributed by atoms with Gasteiger partial charge in [-0.3, -0.25) is 4.90 Å². The fourth-order valence-corrected chi connectivity index (χ4v) is 2.87. The van der Waals surface area contributed by atoms with E-state index in [2.05, 4.69) is 40.5 Å². The maximum absolute atomic E-state index is 5.67. The summed E-state index contributed by atoms with van der Waals surface area (Å²) in [6.07, 6.45) is 0. The van der Waals surface area contributed by atoms with Crippen LogP contribution in [-0.2, 0) is 16.0 Å². The molecule has 19 heavy (non-hydrogen) atoms. The second-order valence-electron chi connectivity index (χ2n) is 5.23. The van der Waals surface area contributed by atoms with Crippen molar-refractivity contribution in [2.24, 2.45) is 0 Å². The van der Waals surface area contributed by atoms with Crippen LogP contribution < -0.4 is 5.32 Å². The lowest BCUT2D eigenvalue weighted by molar-refractivity contribution is -0.0496. The SMILES string of the molecule is c1ccc(CN2CCOC[C@@H]2[C@H]2COCCN2)cc1. The molecule has 1 aromatic rings. The molecule has 1 N–H and O–H groups in total. The lowest BCUT2D eigenvalue weighted by atomic mass is 10.0. The highest BCUT2D eigenvalue weighted by atomic mass is 16.5. The van der Waals surface area contributed by atoms with Crippen molar-refractivity contribution in [1.29, 1.82) is 0 Å². The maximum atomic E-state index is 5.67. The van der Waals surface area contributed by atoms with Gasteiger partial charge in [-0.15, -0.1) is 0 Å². The molecular formula is C15H22N2O2. The van der Waals surface area contributed by atoms with Gasteiger partial charge >= 0.3 is 0 Å².